The Bertz CT molecular complexity index is 538. The van der Waals surface area contributed by atoms with Gasteiger partial charge in [-0.25, -0.2) is 4.79 Å². The molecule has 0 radical (unpaired) electrons. The molecule has 0 N–H and O–H groups in total. The molecule has 6 heteroatoms. The summed E-state index contributed by atoms with van der Waals surface area (Å²) in [5, 5.41) is 3.67. The first kappa shape index (κ1) is 16.5. The summed E-state index contributed by atoms with van der Waals surface area (Å²) in [6.45, 7) is 8.23. The van der Waals surface area contributed by atoms with Gasteiger partial charge in [-0.2, -0.15) is 0 Å². The Balaban J connectivity index is 2.09. The van der Waals surface area contributed by atoms with Crippen LogP contribution in [0.25, 0.3) is 0 Å². The quantitative estimate of drug-likeness (QED) is 0.799. The molecule has 122 valence electrons. The second-order valence-electron chi connectivity index (χ2n) is 6.28. The van der Waals surface area contributed by atoms with Crippen molar-refractivity contribution in [3.05, 3.63) is 17.5 Å². The lowest BCUT2D eigenvalue weighted by molar-refractivity contribution is -0.146. The van der Waals surface area contributed by atoms with E-state index in [0.29, 0.717) is 5.69 Å². The van der Waals surface area contributed by atoms with Crippen LogP contribution in [-0.4, -0.2) is 40.6 Å². The van der Waals surface area contributed by atoms with Gasteiger partial charge in [0.1, 0.15) is 0 Å². The minimum absolute atomic E-state index is 0.0302. The molecule has 2 heterocycles. The molecule has 1 amide bonds. The Labute approximate surface area is 130 Å². The number of aryl methyl sites for hydroxylation is 1. The van der Waals surface area contributed by atoms with Crippen molar-refractivity contribution >= 4 is 11.9 Å². The molecule has 6 nitrogen and oxygen atoms in total. The second-order valence-corrected chi connectivity index (χ2v) is 6.28. The maximum Gasteiger partial charge on any atom is 0.377 e. The summed E-state index contributed by atoms with van der Waals surface area (Å²) in [4.78, 5) is 26.7. The molecule has 22 heavy (non-hydrogen) atoms. The van der Waals surface area contributed by atoms with Crippen molar-refractivity contribution in [3.63, 3.8) is 0 Å². The third-order valence-electron chi connectivity index (χ3n) is 4.00. The van der Waals surface area contributed by atoms with E-state index < -0.39 is 12.1 Å². The first-order valence-corrected chi connectivity index (χ1v) is 7.85. The van der Waals surface area contributed by atoms with Gasteiger partial charge in [0.15, 0.2) is 6.10 Å². The molecule has 1 fully saturated rings. The molecule has 1 aromatic rings. The minimum atomic E-state index is -0.793. The Morgan fingerprint density at radius 2 is 2.14 bits per heavy atom. The Kier molecular flexibility index (Phi) is 5.21. The van der Waals surface area contributed by atoms with E-state index in [2.05, 4.69) is 5.16 Å². The number of carbonyl (C=O) groups is 2. The van der Waals surface area contributed by atoms with Crippen molar-refractivity contribution in [1.82, 2.24) is 10.1 Å². The minimum Gasteiger partial charge on any atom is -0.446 e. The SMILES string of the molecule is Cc1cc(C(=O)O[C@H](C(=O)N2CCCC[C@H]2C)C(C)C)on1. The standard InChI is InChI=1S/C16H24N2O4/c1-10(2)14(15(19)18-8-6-5-7-12(18)4)21-16(20)13-9-11(3)17-22-13/h9-10,12,14H,5-8H2,1-4H3/t12-,14+/m1/s1. The lowest BCUT2D eigenvalue weighted by atomic mass is 10.00. The van der Waals surface area contributed by atoms with E-state index in [0.717, 1.165) is 25.8 Å². The molecule has 1 aliphatic rings. The second kappa shape index (κ2) is 6.94. The highest BCUT2D eigenvalue weighted by Crippen LogP contribution is 2.21. The molecule has 0 aromatic carbocycles. The lowest BCUT2D eigenvalue weighted by Gasteiger charge is -2.36. The summed E-state index contributed by atoms with van der Waals surface area (Å²) in [7, 11) is 0. The third-order valence-corrected chi connectivity index (χ3v) is 4.00. The van der Waals surface area contributed by atoms with E-state index in [1.165, 1.54) is 6.07 Å². The van der Waals surface area contributed by atoms with Gasteiger partial charge >= 0.3 is 5.97 Å². The smallest absolute Gasteiger partial charge is 0.377 e. The number of aromatic nitrogens is 1. The number of nitrogens with zero attached hydrogens (tertiary/aromatic N) is 2. The molecule has 1 saturated heterocycles. The van der Waals surface area contributed by atoms with Crippen molar-refractivity contribution in [1.29, 1.82) is 0 Å². The number of carbonyl (C=O) groups excluding carboxylic acids is 2. The first-order chi connectivity index (χ1) is 10.4. The predicted molar refractivity (Wildman–Crippen MR) is 80.3 cm³/mol. The van der Waals surface area contributed by atoms with Crippen molar-refractivity contribution in [3.8, 4) is 0 Å². The van der Waals surface area contributed by atoms with E-state index in [4.69, 9.17) is 9.26 Å². The van der Waals surface area contributed by atoms with Crippen LogP contribution in [-0.2, 0) is 9.53 Å². The van der Waals surface area contributed by atoms with Gasteiger partial charge in [0, 0.05) is 18.7 Å². The molecule has 0 unspecified atom stereocenters. The Hall–Kier alpha value is -1.85. The van der Waals surface area contributed by atoms with Crippen molar-refractivity contribution < 1.29 is 18.8 Å². The maximum absolute atomic E-state index is 12.7. The van der Waals surface area contributed by atoms with Gasteiger partial charge in [0.05, 0.1) is 5.69 Å². The van der Waals surface area contributed by atoms with Gasteiger partial charge in [0.2, 0.25) is 5.76 Å². The zero-order chi connectivity index (χ0) is 16.3. The summed E-state index contributed by atoms with van der Waals surface area (Å²) in [5.41, 5.74) is 0.601. The fraction of sp³-hybridized carbons (Fsp3) is 0.688. The monoisotopic (exact) mass is 308 g/mol. The van der Waals surface area contributed by atoms with Gasteiger partial charge < -0.3 is 14.2 Å². The number of amides is 1. The number of hydrogen-bond acceptors (Lipinski definition) is 5. The normalized spacial score (nSPS) is 20.0. The summed E-state index contributed by atoms with van der Waals surface area (Å²) < 4.78 is 10.3. The third kappa shape index (κ3) is 3.67. The van der Waals surface area contributed by atoms with Crippen LogP contribution in [0.15, 0.2) is 10.6 Å². The van der Waals surface area contributed by atoms with Crippen LogP contribution >= 0.6 is 0 Å². The summed E-state index contributed by atoms with van der Waals surface area (Å²) in [5.74, 6) is -0.832. The molecular weight excluding hydrogens is 284 g/mol. The zero-order valence-corrected chi connectivity index (χ0v) is 13.7. The highest BCUT2D eigenvalue weighted by molar-refractivity contribution is 5.90. The van der Waals surface area contributed by atoms with E-state index in [1.807, 2.05) is 25.7 Å². The van der Waals surface area contributed by atoms with Crippen LogP contribution in [0, 0.1) is 12.8 Å². The van der Waals surface area contributed by atoms with Gasteiger partial charge in [-0.3, -0.25) is 4.79 Å². The number of esters is 1. The van der Waals surface area contributed by atoms with E-state index in [1.54, 1.807) is 6.92 Å². The average Bonchev–Trinajstić information content (AvgIpc) is 2.90. The molecule has 2 rings (SSSR count). The van der Waals surface area contributed by atoms with E-state index >= 15 is 0 Å². The van der Waals surface area contributed by atoms with Gasteiger partial charge in [-0.15, -0.1) is 0 Å². The zero-order valence-electron chi connectivity index (χ0n) is 13.7. The van der Waals surface area contributed by atoms with Crippen LogP contribution in [0.1, 0.15) is 56.3 Å². The van der Waals surface area contributed by atoms with E-state index in [-0.39, 0.29) is 23.6 Å². The molecule has 1 aliphatic heterocycles. The van der Waals surface area contributed by atoms with Crippen LogP contribution < -0.4 is 0 Å². The summed E-state index contributed by atoms with van der Waals surface area (Å²) >= 11 is 0. The molecule has 0 spiro atoms. The number of rotatable bonds is 4. The molecule has 0 bridgehead atoms. The van der Waals surface area contributed by atoms with Crippen molar-refractivity contribution in [2.24, 2.45) is 5.92 Å². The Morgan fingerprint density at radius 1 is 1.41 bits per heavy atom. The number of hydrogen-bond donors (Lipinski definition) is 0. The predicted octanol–water partition coefficient (Wildman–Crippen LogP) is 2.57. The van der Waals surface area contributed by atoms with Crippen LogP contribution in [0.3, 0.4) is 0 Å². The van der Waals surface area contributed by atoms with Gasteiger partial charge in [-0.1, -0.05) is 19.0 Å². The first-order valence-electron chi connectivity index (χ1n) is 7.85. The number of likely N-dealkylation sites (tertiary alicyclic amines) is 1. The van der Waals surface area contributed by atoms with E-state index in [9.17, 15) is 9.59 Å². The maximum atomic E-state index is 12.7. The van der Waals surface area contributed by atoms with Crippen molar-refractivity contribution in [2.45, 2.75) is 59.1 Å². The fourth-order valence-corrected chi connectivity index (χ4v) is 2.69. The van der Waals surface area contributed by atoms with Gasteiger partial charge in [0.25, 0.3) is 5.91 Å². The van der Waals surface area contributed by atoms with Gasteiger partial charge in [-0.05, 0) is 39.0 Å². The molecule has 0 aliphatic carbocycles. The number of ether oxygens (including phenoxy) is 1. The van der Waals surface area contributed by atoms with Crippen LogP contribution in [0.2, 0.25) is 0 Å². The largest absolute Gasteiger partial charge is 0.446 e. The van der Waals surface area contributed by atoms with Crippen LogP contribution in [0.5, 0.6) is 0 Å². The average molecular weight is 308 g/mol. The fourth-order valence-electron chi connectivity index (χ4n) is 2.69. The highest BCUT2D eigenvalue weighted by Gasteiger charge is 2.34. The molecule has 2 atom stereocenters. The molecule has 0 saturated carbocycles. The number of piperidine rings is 1. The molecule has 1 aromatic heterocycles. The highest BCUT2D eigenvalue weighted by atomic mass is 16.6. The summed E-state index contributed by atoms with van der Waals surface area (Å²) in [6, 6.07) is 1.70. The van der Waals surface area contributed by atoms with Crippen LogP contribution in [0.4, 0.5) is 0 Å². The Morgan fingerprint density at radius 3 is 2.68 bits per heavy atom. The molecular formula is C16H24N2O4. The topological polar surface area (TPSA) is 72.6 Å². The van der Waals surface area contributed by atoms with Crippen molar-refractivity contribution in [2.75, 3.05) is 6.54 Å². The lowest BCUT2D eigenvalue weighted by Crippen LogP contribution is -2.49. The summed E-state index contributed by atoms with van der Waals surface area (Å²) in [6.07, 6.45) is 2.33.